The number of rotatable bonds is 3. The fourth-order valence-electron chi connectivity index (χ4n) is 2.37. The Morgan fingerprint density at radius 2 is 1.86 bits per heavy atom. The molecule has 1 aliphatic rings. The summed E-state index contributed by atoms with van der Waals surface area (Å²) in [5.74, 6) is 5.57. The molecule has 1 fully saturated rings. The third-order valence-electron chi connectivity index (χ3n) is 3.61. The second kappa shape index (κ2) is 7.05. The van der Waals surface area contributed by atoms with Crippen LogP contribution in [0.3, 0.4) is 0 Å². The molecule has 0 spiro atoms. The summed E-state index contributed by atoms with van der Waals surface area (Å²) in [5, 5.41) is 0. The van der Waals surface area contributed by atoms with Gasteiger partial charge in [-0.05, 0) is 18.7 Å². The lowest BCUT2D eigenvalue weighted by atomic mass is 10.2. The van der Waals surface area contributed by atoms with Crippen LogP contribution in [0.25, 0.3) is 0 Å². The summed E-state index contributed by atoms with van der Waals surface area (Å²) in [6, 6.07) is 6.84. The molecule has 2 rings (SSSR count). The van der Waals surface area contributed by atoms with Crippen LogP contribution >= 0.6 is 0 Å². The molecule has 2 N–H and O–H groups in total. The summed E-state index contributed by atoms with van der Waals surface area (Å²) in [6.07, 6.45) is 0. The third-order valence-corrected chi connectivity index (χ3v) is 5.57. The minimum absolute atomic E-state index is 0.212. The van der Waals surface area contributed by atoms with E-state index in [1.165, 1.54) is 0 Å². The molecule has 0 unspecified atom stereocenters. The van der Waals surface area contributed by atoms with Crippen LogP contribution in [0.2, 0.25) is 0 Å². The maximum atomic E-state index is 12.8. The molecule has 1 aromatic rings. The number of nitrogens with zero attached hydrogens (tertiary/aromatic N) is 2. The lowest BCUT2D eigenvalue weighted by Gasteiger charge is -2.33. The van der Waals surface area contributed by atoms with E-state index >= 15 is 0 Å². The predicted octanol–water partition coefficient (Wildman–Crippen LogP) is 0.323. The first-order valence-electron chi connectivity index (χ1n) is 7.10. The van der Waals surface area contributed by atoms with Crippen LogP contribution in [0.4, 0.5) is 0 Å². The van der Waals surface area contributed by atoms with E-state index in [0.717, 1.165) is 19.6 Å². The number of likely N-dealkylation sites (N-methyl/N-ethyl adjacent to an activating group) is 1. The molecule has 0 amide bonds. The van der Waals surface area contributed by atoms with Crippen LogP contribution in [0.15, 0.2) is 29.2 Å². The fourth-order valence-corrected chi connectivity index (χ4v) is 3.94. The van der Waals surface area contributed by atoms with Gasteiger partial charge in [-0.25, -0.2) is 8.42 Å². The average molecular weight is 307 g/mol. The predicted molar refractivity (Wildman–Crippen MR) is 83.2 cm³/mol. The Hall–Kier alpha value is -1.39. The van der Waals surface area contributed by atoms with E-state index in [1.54, 1.807) is 28.6 Å². The van der Waals surface area contributed by atoms with Crippen molar-refractivity contribution in [3.8, 4) is 11.8 Å². The van der Waals surface area contributed by atoms with E-state index in [-0.39, 0.29) is 11.4 Å². The SMILES string of the molecule is CCN1CCN(S(=O)(=O)c2ccccc2C#CCN)CC1. The maximum absolute atomic E-state index is 12.8. The third kappa shape index (κ3) is 3.63. The van der Waals surface area contributed by atoms with Gasteiger partial charge in [-0.2, -0.15) is 4.31 Å². The van der Waals surface area contributed by atoms with Crippen molar-refractivity contribution in [3.63, 3.8) is 0 Å². The van der Waals surface area contributed by atoms with Gasteiger partial charge in [-0.3, -0.25) is 0 Å². The van der Waals surface area contributed by atoms with Gasteiger partial charge < -0.3 is 10.6 Å². The molecule has 1 heterocycles. The van der Waals surface area contributed by atoms with Crippen molar-refractivity contribution in [2.75, 3.05) is 39.3 Å². The van der Waals surface area contributed by atoms with E-state index in [4.69, 9.17) is 5.73 Å². The minimum Gasteiger partial charge on any atom is -0.320 e. The van der Waals surface area contributed by atoms with Crippen molar-refractivity contribution in [2.24, 2.45) is 5.73 Å². The van der Waals surface area contributed by atoms with Gasteiger partial charge in [-0.1, -0.05) is 30.9 Å². The van der Waals surface area contributed by atoms with E-state index in [0.29, 0.717) is 18.7 Å². The van der Waals surface area contributed by atoms with Crippen LogP contribution in [-0.4, -0.2) is 56.9 Å². The zero-order valence-corrected chi connectivity index (χ0v) is 13.1. The Bertz CT molecular complexity index is 638. The van der Waals surface area contributed by atoms with Crippen molar-refractivity contribution in [1.29, 1.82) is 0 Å². The monoisotopic (exact) mass is 307 g/mol. The first-order chi connectivity index (χ1) is 10.1. The number of piperazine rings is 1. The zero-order chi connectivity index (χ0) is 15.3. The molecule has 1 saturated heterocycles. The summed E-state index contributed by atoms with van der Waals surface area (Å²) >= 11 is 0. The first-order valence-corrected chi connectivity index (χ1v) is 8.54. The smallest absolute Gasteiger partial charge is 0.244 e. The van der Waals surface area contributed by atoms with Gasteiger partial charge in [0.2, 0.25) is 10.0 Å². The summed E-state index contributed by atoms with van der Waals surface area (Å²) in [6.45, 7) is 5.83. The van der Waals surface area contributed by atoms with Crippen LogP contribution in [0.1, 0.15) is 12.5 Å². The highest BCUT2D eigenvalue weighted by atomic mass is 32.2. The van der Waals surface area contributed by atoms with Crippen molar-refractivity contribution < 1.29 is 8.42 Å². The highest BCUT2D eigenvalue weighted by molar-refractivity contribution is 7.89. The minimum atomic E-state index is -3.49. The molecule has 0 saturated carbocycles. The van der Waals surface area contributed by atoms with E-state index < -0.39 is 10.0 Å². The van der Waals surface area contributed by atoms with E-state index in [9.17, 15) is 8.42 Å². The molecule has 0 radical (unpaired) electrons. The fraction of sp³-hybridized carbons (Fsp3) is 0.467. The highest BCUT2D eigenvalue weighted by Gasteiger charge is 2.29. The van der Waals surface area contributed by atoms with Crippen molar-refractivity contribution in [1.82, 2.24) is 9.21 Å². The summed E-state index contributed by atoms with van der Waals surface area (Å²) < 4.78 is 27.1. The summed E-state index contributed by atoms with van der Waals surface area (Å²) in [4.78, 5) is 2.52. The molecule has 1 aromatic carbocycles. The summed E-state index contributed by atoms with van der Waals surface area (Å²) in [5.41, 5.74) is 5.88. The molecule has 1 aliphatic heterocycles. The Morgan fingerprint density at radius 3 is 2.48 bits per heavy atom. The first kappa shape index (κ1) is 16.0. The number of nitrogens with two attached hydrogens (primary N) is 1. The zero-order valence-electron chi connectivity index (χ0n) is 12.2. The molecule has 0 bridgehead atoms. The lowest BCUT2D eigenvalue weighted by Crippen LogP contribution is -2.48. The standard InChI is InChI=1S/C15H21N3O2S/c1-2-17-10-12-18(13-11-17)21(19,20)15-8-4-3-6-14(15)7-5-9-16/h3-4,6,8H,2,9-13,16H2,1H3. The Labute approximate surface area is 126 Å². The Balaban J connectivity index is 2.28. The van der Waals surface area contributed by atoms with Gasteiger partial charge in [0.1, 0.15) is 0 Å². The van der Waals surface area contributed by atoms with Crippen LogP contribution < -0.4 is 5.73 Å². The van der Waals surface area contributed by atoms with Gasteiger partial charge in [0.15, 0.2) is 0 Å². The lowest BCUT2D eigenvalue weighted by molar-refractivity contribution is 0.196. The van der Waals surface area contributed by atoms with Gasteiger partial charge in [0, 0.05) is 31.7 Å². The molecule has 6 heteroatoms. The largest absolute Gasteiger partial charge is 0.320 e. The Morgan fingerprint density at radius 1 is 1.19 bits per heavy atom. The van der Waals surface area contributed by atoms with Gasteiger partial charge in [-0.15, -0.1) is 0 Å². The van der Waals surface area contributed by atoms with E-state index in [1.807, 2.05) is 0 Å². The highest BCUT2D eigenvalue weighted by Crippen LogP contribution is 2.20. The molecule has 114 valence electrons. The second-order valence-corrected chi connectivity index (χ2v) is 6.75. The van der Waals surface area contributed by atoms with Crippen molar-refractivity contribution in [3.05, 3.63) is 29.8 Å². The van der Waals surface area contributed by atoms with Crippen molar-refractivity contribution in [2.45, 2.75) is 11.8 Å². The number of hydrogen-bond acceptors (Lipinski definition) is 4. The molecular formula is C15H21N3O2S. The van der Waals surface area contributed by atoms with Gasteiger partial charge in [0.25, 0.3) is 0 Å². The molecule has 21 heavy (non-hydrogen) atoms. The quantitative estimate of drug-likeness (QED) is 0.817. The number of sulfonamides is 1. The van der Waals surface area contributed by atoms with Gasteiger partial charge in [0.05, 0.1) is 11.4 Å². The Kier molecular flexibility index (Phi) is 5.37. The van der Waals surface area contributed by atoms with Crippen LogP contribution in [0, 0.1) is 11.8 Å². The van der Waals surface area contributed by atoms with Gasteiger partial charge >= 0.3 is 0 Å². The number of benzene rings is 1. The topological polar surface area (TPSA) is 66.6 Å². The van der Waals surface area contributed by atoms with Crippen LogP contribution in [0.5, 0.6) is 0 Å². The number of hydrogen-bond donors (Lipinski definition) is 1. The van der Waals surface area contributed by atoms with Crippen molar-refractivity contribution >= 4 is 10.0 Å². The average Bonchev–Trinajstić information content (AvgIpc) is 2.53. The van der Waals surface area contributed by atoms with Crippen LogP contribution in [-0.2, 0) is 10.0 Å². The normalized spacial score (nSPS) is 17.2. The molecule has 0 aromatic heterocycles. The van der Waals surface area contributed by atoms with E-state index in [2.05, 4.69) is 23.7 Å². The molecular weight excluding hydrogens is 286 g/mol. The second-order valence-electron chi connectivity index (χ2n) is 4.84. The maximum Gasteiger partial charge on any atom is 0.244 e. The molecule has 0 atom stereocenters. The molecule has 0 aliphatic carbocycles. The molecule has 5 nitrogen and oxygen atoms in total. The summed E-state index contributed by atoms with van der Waals surface area (Å²) in [7, 11) is -3.49.